The van der Waals surface area contributed by atoms with E-state index >= 15 is 0 Å². The van der Waals surface area contributed by atoms with Gasteiger partial charge in [-0.25, -0.2) is 0 Å². The number of hydrogen-bond donors (Lipinski definition) is 2. The van der Waals surface area contributed by atoms with Gasteiger partial charge in [0.25, 0.3) is 0 Å². The SMILES string of the molecule is Cc1ccc(Nc2nnc(S[C@H](C)C(=O)NC3CCCCC3)s2)cc1C. The van der Waals surface area contributed by atoms with Crippen LogP contribution < -0.4 is 10.6 Å². The number of amides is 1. The molecule has 26 heavy (non-hydrogen) atoms. The normalized spacial score (nSPS) is 16.3. The fraction of sp³-hybridized carbons (Fsp3) is 0.526. The van der Waals surface area contributed by atoms with E-state index < -0.39 is 0 Å². The molecule has 1 atom stereocenters. The summed E-state index contributed by atoms with van der Waals surface area (Å²) in [6.07, 6.45) is 5.93. The first-order valence-electron chi connectivity index (χ1n) is 9.16. The van der Waals surface area contributed by atoms with Gasteiger partial charge in [0.1, 0.15) is 0 Å². The molecule has 0 bridgehead atoms. The molecule has 7 heteroatoms. The van der Waals surface area contributed by atoms with Gasteiger partial charge in [0.2, 0.25) is 11.0 Å². The van der Waals surface area contributed by atoms with Crippen molar-refractivity contribution in [2.24, 2.45) is 0 Å². The van der Waals surface area contributed by atoms with Crippen LogP contribution in [0.25, 0.3) is 0 Å². The quantitative estimate of drug-likeness (QED) is 0.692. The molecule has 2 aromatic rings. The van der Waals surface area contributed by atoms with Crippen molar-refractivity contribution in [1.29, 1.82) is 0 Å². The molecule has 0 saturated heterocycles. The predicted molar refractivity (Wildman–Crippen MR) is 109 cm³/mol. The molecule has 1 fully saturated rings. The Bertz CT molecular complexity index is 756. The lowest BCUT2D eigenvalue weighted by atomic mass is 9.95. The Labute approximate surface area is 163 Å². The first-order chi connectivity index (χ1) is 12.5. The molecular weight excluding hydrogens is 364 g/mol. The first-order valence-corrected chi connectivity index (χ1v) is 10.9. The number of nitrogens with zero attached hydrogens (tertiary/aromatic N) is 2. The van der Waals surface area contributed by atoms with Gasteiger partial charge in [-0.1, -0.05) is 48.4 Å². The molecule has 1 aromatic heterocycles. The van der Waals surface area contributed by atoms with Gasteiger partial charge in [-0.2, -0.15) is 0 Å². The minimum absolute atomic E-state index is 0.0979. The smallest absolute Gasteiger partial charge is 0.233 e. The Morgan fingerprint density at radius 1 is 1.19 bits per heavy atom. The van der Waals surface area contributed by atoms with Crippen LogP contribution in [0.1, 0.15) is 50.2 Å². The summed E-state index contributed by atoms with van der Waals surface area (Å²) in [5, 5.41) is 15.5. The fourth-order valence-corrected chi connectivity index (χ4v) is 4.95. The lowest BCUT2D eigenvalue weighted by molar-refractivity contribution is -0.121. The van der Waals surface area contributed by atoms with Gasteiger partial charge in [-0.05, 0) is 56.9 Å². The van der Waals surface area contributed by atoms with Crippen LogP contribution in [-0.4, -0.2) is 27.4 Å². The highest BCUT2D eigenvalue weighted by Gasteiger charge is 2.21. The third kappa shape index (κ3) is 5.20. The minimum Gasteiger partial charge on any atom is -0.352 e. The molecule has 1 saturated carbocycles. The van der Waals surface area contributed by atoms with Crippen molar-refractivity contribution in [3.63, 3.8) is 0 Å². The third-order valence-corrected chi connectivity index (χ3v) is 6.79. The lowest BCUT2D eigenvalue weighted by Gasteiger charge is -2.24. The highest BCUT2D eigenvalue weighted by Crippen LogP contribution is 2.31. The Morgan fingerprint density at radius 3 is 2.69 bits per heavy atom. The maximum absolute atomic E-state index is 12.4. The van der Waals surface area contributed by atoms with E-state index in [0.717, 1.165) is 28.0 Å². The number of rotatable bonds is 6. The molecule has 5 nitrogen and oxygen atoms in total. The topological polar surface area (TPSA) is 66.9 Å². The fourth-order valence-electron chi connectivity index (χ4n) is 3.02. The molecular formula is C19H26N4OS2. The van der Waals surface area contributed by atoms with Gasteiger partial charge in [0.05, 0.1) is 5.25 Å². The van der Waals surface area contributed by atoms with Gasteiger partial charge < -0.3 is 10.6 Å². The van der Waals surface area contributed by atoms with Crippen molar-refractivity contribution in [3.8, 4) is 0 Å². The van der Waals surface area contributed by atoms with E-state index in [4.69, 9.17) is 0 Å². The van der Waals surface area contributed by atoms with Crippen molar-refractivity contribution in [2.75, 3.05) is 5.32 Å². The number of anilines is 2. The summed E-state index contributed by atoms with van der Waals surface area (Å²) in [6.45, 7) is 6.12. The summed E-state index contributed by atoms with van der Waals surface area (Å²) < 4.78 is 0.808. The highest BCUT2D eigenvalue weighted by atomic mass is 32.2. The summed E-state index contributed by atoms with van der Waals surface area (Å²) in [6, 6.07) is 6.57. The van der Waals surface area contributed by atoms with Crippen LogP contribution in [0.5, 0.6) is 0 Å². The molecule has 0 spiro atoms. The number of aryl methyl sites for hydroxylation is 2. The molecule has 1 heterocycles. The second-order valence-corrected chi connectivity index (χ2v) is 9.47. The predicted octanol–water partition coefficient (Wildman–Crippen LogP) is 4.83. The zero-order valence-corrected chi connectivity index (χ0v) is 17.2. The van der Waals surface area contributed by atoms with Crippen molar-refractivity contribution in [2.45, 2.75) is 68.5 Å². The number of thioether (sulfide) groups is 1. The first kappa shape index (κ1) is 19.2. The maximum Gasteiger partial charge on any atom is 0.233 e. The standard InChI is InChI=1S/C19H26N4OS2/c1-12-9-10-16(11-13(12)2)21-18-22-23-19(26-18)25-14(3)17(24)20-15-7-5-4-6-8-15/h9-11,14-15H,4-8H2,1-3H3,(H,20,24)(H,21,22)/t14-/m1/s1. The Morgan fingerprint density at radius 2 is 1.96 bits per heavy atom. The Hall–Kier alpha value is -1.60. The molecule has 3 rings (SSSR count). The van der Waals surface area contributed by atoms with Crippen LogP contribution in [0.4, 0.5) is 10.8 Å². The van der Waals surface area contributed by atoms with Crippen molar-refractivity contribution < 1.29 is 4.79 Å². The van der Waals surface area contributed by atoms with Crippen molar-refractivity contribution in [3.05, 3.63) is 29.3 Å². The van der Waals surface area contributed by atoms with Gasteiger partial charge in [0, 0.05) is 11.7 Å². The van der Waals surface area contributed by atoms with E-state index in [2.05, 4.69) is 46.8 Å². The average molecular weight is 391 g/mol. The second-order valence-electron chi connectivity index (χ2n) is 6.90. The summed E-state index contributed by atoms with van der Waals surface area (Å²) in [7, 11) is 0. The number of benzene rings is 1. The minimum atomic E-state index is -0.167. The third-order valence-electron chi connectivity index (χ3n) is 4.76. The molecule has 2 N–H and O–H groups in total. The number of carbonyl (C=O) groups excluding carboxylic acids is 1. The van der Waals surface area contributed by atoms with Crippen LogP contribution in [0.2, 0.25) is 0 Å². The zero-order valence-electron chi connectivity index (χ0n) is 15.5. The highest BCUT2D eigenvalue weighted by molar-refractivity contribution is 8.02. The van der Waals surface area contributed by atoms with Crippen LogP contribution in [0, 0.1) is 13.8 Å². The van der Waals surface area contributed by atoms with Crippen LogP contribution in [0.3, 0.4) is 0 Å². The van der Waals surface area contributed by atoms with Crippen molar-refractivity contribution in [1.82, 2.24) is 15.5 Å². The Kier molecular flexibility index (Phi) is 6.53. The van der Waals surface area contributed by atoms with Crippen LogP contribution in [0.15, 0.2) is 22.5 Å². The zero-order chi connectivity index (χ0) is 18.5. The van der Waals surface area contributed by atoms with Gasteiger partial charge in [-0.3, -0.25) is 4.79 Å². The maximum atomic E-state index is 12.4. The van der Waals surface area contributed by atoms with Crippen molar-refractivity contribution >= 4 is 39.8 Å². The van der Waals surface area contributed by atoms with Gasteiger partial charge in [0.15, 0.2) is 4.34 Å². The summed E-state index contributed by atoms with van der Waals surface area (Å²) in [5.74, 6) is 0.0979. The van der Waals surface area contributed by atoms with E-state index in [1.807, 2.05) is 13.0 Å². The Balaban J connectivity index is 1.53. The van der Waals surface area contributed by atoms with Crippen LogP contribution >= 0.6 is 23.1 Å². The monoisotopic (exact) mass is 390 g/mol. The molecule has 1 aliphatic rings. The number of carbonyl (C=O) groups is 1. The molecule has 1 aliphatic carbocycles. The number of nitrogens with one attached hydrogen (secondary N) is 2. The number of hydrogen-bond acceptors (Lipinski definition) is 6. The van der Waals surface area contributed by atoms with E-state index in [-0.39, 0.29) is 11.2 Å². The summed E-state index contributed by atoms with van der Waals surface area (Å²) in [5.41, 5.74) is 3.51. The molecule has 0 radical (unpaired) electrons. The molecule has 0 aliphatic heterocycles. The van der Waals surface area contributed by atoms with E-state index in [1.165, 1.54) is 53.5 Å². The van der Waals surface area contributed by atoms with Gasteiger partial charge in [-0.15, -0.1) is 10.2 Å². The average Bonchev–Trinajstić information content (AvgIpc) is 3.06. The summed E-state index contributed by atoms with van der Waals surface area (Å²) >= 11 is 2.95. The molecule has 140 valence electrons. The molecule has 0 unspecified atom stereocenters. The molecule has 1 aromatic carbocycles. The molecule has 1 amide bonds. The van der Waals surface area contributed by atoms with E-state index in [0.29, 0.717) is 6.04 Å². The van der Waals surface area contributed by atoms with Crippen LogP contribution in [-0.2, 0) is 4.79 Å². The summed E-state index contributed by atoms with van der Waals surface area (Å²) in [4.78, 5) is 12.4. The number of aromatic nitrogens is 2. The lowest BCUT2D eigenvalue weighted by Crippen LogP contribution is -2.40. The largest absolute Gasteiger partial charge is 0.352 e. The van der Waals surface area contributed by atoms with E-state index in [9.17, 15) is 4.79 Å². The van der Waals surface area contributed by atoms with Gasteiger partial charge >= 0.3 is 0 Å². The van der Waals surface area contributed by atoms with E-state index in [1.54, 1.807) is 0 Å². The second kappa shape index (κ2) is 8.86.